The largest absolute Gasteiger partial charge is 0.379 e. The minimum atomic E-state index is -1.10. The first kappa shape index (κ1) is 8.21. The quantitative estimate of drug-likeness (QED) is 0.531. The first-order valence-electron chi connectivity index (χ1n) is 3.05. The fourth-order valence-corrected chi connectivity index (χ4v) is 0.668. The number of carbonyl (C=O) groups is 1. The van der Waals surface area contributed by atoms with Crippen LogP contribution in [0.2, 0.25) is 0 Å². The van der Waals surface area contributed by atoms with Gasteiger partial charge in [-0.05, 0) is 13.3 Å². The summed E-state index contributed by atoms with van der Waals surface area (Å²) >= 11 is 0. The van der Waals surface area contributed by atoms with Crippen LogP contribution in [0.3, 0.4) is 0 Å². The molecule has 0 aromatic heterocycles. The van der Waals surface area contributed by atoms with Crippen molar-refractivity contribution in [3.8, 4) is 0 Å². The maximum absolute atomic E-state index is 9.90. The molecular formula is C7H11O2. The van der Waals surface area contributed by atoms with Crippen molar-refractivity contribution in [1.29, 1.82) is 0 Å². The second-order valence-electron chi connectivity index (χ2n) is 2.06. The molecule has 0 rings (SSSR count). The number of rotatable bonds is 3. The molecule has 0 aliphatic heterocycles. The maximum Gasteiger partial charge on any atom is 0.379 e. The number of allylic oxidation sites excluding steroid dienone is 1. The third-order valence-electron chi connectivity index (χ3n) is 1.01. The highest BCUT2D eigenvalue weighted by molar-refractivity contribution is 5.80. The highest BCUT2D eigenvalue weighted by atomic mass is 16.4. The molecule has 0 aromatic carbocycles. The third-order valence-corrected chi connectivity index (χ3v) is 1.01. The van der Waals surface area contributed by atoms with Crippen LogP contribution in [0.25, 0.3) is 0 Å². The summed E-state index contributed by atoms with van der Waals surface area (Å²) in [6, 6.07) is 0. The summed E-state index contributed by atoms with van der Waals surface area (Å²) in [7, 11) is 0. The Bertz CT molecular complexity index is 125. The molecule has 2 heteroatoms. The zero-order valence-electron chi connectivity index (χ0n) is 5.81. The van der Waals surface area contributed by atoms with Gasteiger partial charge in [0.25, 0.3) is 0 Å². The molecule has 0 fully saturated rings. The van der Waals surface area contributed by atoms with E-state index in [9.17, 15) is 9.90 Å². The van der Waals surface area contributed by atoms with Crippen molar-refractivity contribution in [3.05, 3.63) is 11.6 Å². The van der Waals surface area contributed by atoms with Gasteiger partial charge in [0.15, 0.2) is 0 Å². The normalized spacial score (nSPS) is 11.6. The van der Waals surface area contributed by atoms with Crippen LogP contribution in [-0.2, 0) is 9.90 Å². The van der Waals surface area contributed by atoms with E-state index in [1.165, 1.54) is 0 Å². The molecule has 2 nitrogen and oxygen atoms in total. The van der Waals surface area contributed by atoms with Gasteiger partial charge >= 0.3 is 5.97 Å². The first-order chi connectivity index (χ1) is 4.16. The number of hydrogen-bond donors (Lipinski definition) is 0. The van der Waals surface area contributed by atoms with E-state index in [0.29, 0.717) is 0 Å². The molecule has 0 saturated carbocycles. The summed E-state index contributed by atoms with van der Waals surface area (Å²) in [6.45, 7) is 3.80. The van der Waals surface area contributed by atoms with Crippen LogP contribution < -0.4 is 0 Å². The van der Waals surface area contributed by atoms with E-state index in [-0.39, 0.29) is 0 Å². The lowest BCUT2D eigenvalue weighted by Gasteiger charge is -1.91. The molecule has 1 radical (unpaired) electrons. The van der Waals surface area contributed by atoms with Gasteiger partial charge in [-0.3, -0.25) is 0 Å². The van der Waals surface area contributed by atoms with E-state index < -0.39 is 5.97 Å². The lowest BCUT2D eigenvalue weighted by atomic mass is 10.2. The van der Waals surface area contributed by atoms with E-state index in [2.05, 4.69) is 0 Å². The van der Waals surface area contributed by atoms with E-state index in [0.717, 1.165) is 24.5 Å². The molecule has 0 heterocycles. The predicted octanol–water partition coefficient (Wildman–Crippen LogP) is 1.69. The molecule has 0 N–H and O–H groups in total. The smallest absolute Gasteiger partial charge is 0.242 e. The van der Waals surface area contributed by atoms with Crippen molar-refractivity contribution in [2.45, 2.75) is 26.7 Å². The second-order valence-corrected chi connectivity index (χ2v) is 2.06. The van der Waals surface area contributed by atoms with Gasteiger partial charge in [-0.15, -0.1) is 0 Å². The van der Waals surface area contributed by atoms with Crippen LogP contribution in [0.4, 0.5) is 0 Å². The molecule has 9 heavy (non-hydrogen) atoms. The van der Waals surface area contributed by atoms with Crippen molar-refractivity contribution in [1.82, 2.24) is 0 Å². The highest BCUT2D eigenvalue weighted by Gasteiger charge is 1.93. The molecular weight excluding hydrogens is 116 g/mol. The minimum absolute atomic E-state index is 0.841. The molecule has 0 atom stereocenters. The molecule has 51 valence electrons. The summed E-state index contributed by atoms with van der Waals surface area (Å²) in [6.07, 6.45) is 2.97. The zero-order chi connectivity index (χ0) is 7.28. The van der Waals surface area contributed by atoms with Crippen molar-refractivity contribution in [2.75, 3.05) is 0 Å². The van der Waals surface area contributed by atoms with Crippen molar-refractivity contribution < 1.29 is 9.90 Å². The summed E-state index contributed by atoms with van der Waals surface area (Å²) in [5.74, 6) is -1.10. The predicted molar refractivity (Wildman–Crippen MR) is 34.4 cm³/mol. The van der Waals surface area contributed by atoms with Gasteiger partial charge in [0.1, 0.15) is 0 Å². The van der Waals surface area contributed by atoms with Gasteiger partial charge in [0.2, 0.25) is 0 Å². The molecule has 0 amide bonds. The lowest BCUT2D eigenvalue weighted by Crippen LogP contribution is -1.86. The fourth-order valence-electron chi connectivity index (χ4n) is 0.668. The van der Waals surface area contributed by atoms with Crippen LogP contribution in [-0.4, -0.2) is 5.97 Å². The van der Waals surface area contributed by atoms with Crippen LogP contribution >= 0.6 is 0 Å². The monoisotopic (exact) mass is 127 g/mol. The number of carbonyl (C=O) groups excluding carboxylic acids is 1. The van der Waals surface area contributed by atoms with Crippen molar-refractivity contribution in [3.63, 3.8) is 0 Å². The van der Waals surface area contributed by atoms with Crippen LogP contribution in [0.5, 0.6) is 0 Å². The van der Waals surface area contributed by atoms with Crippen molar-refractivity contribution in [2.24, 2.45) is 0 Å². The zero-order valence-corrected chi connectivity index (χ0v) is 5.81. The van der Waals surface area contributed by atoms with Gasteiger partial charge in [-0.1, -0.05) is 18.9 Å². The maximum atomic E-state index is 9.90. The summed E-state index contributed by atoms with van der Waals surface area (Å²) in [5.41, 5.74) is 0.873. The Hall–Kier alpha value is -0.790. The Labute approximate surface area is 55.2 Å². The summed E-state index contributed by atoms with van der Waals surface area (Å²) in [4.78, 5) is 9.90. The van der Waals surface area contributed by atoms with Gasteiger partial charge in [0.05, 0.1) is 0 Å². The molecule has 0 bridgehead atoms. The Kier molecular flexibility index (Phi) is 3.76. The fraction of sp³-hybridized carbons (Fsp3) is 0.571. The average Bonchev–Trinajstić information content (AvgIpc) is 1.63. The van der Waals surface area contributed by atoms with Gasteiger partial charge in [0, 0.05) is 6.08 Å². The second kappa shape index (κ2) is 4.13. The van der Waals surface area contributed by atoms with E-state index in [4.69, 9.17) is 0 Å². The Morgan fingerprint density at radius 3 is 2.44 bits per heavy atom. The van der Waals surface area contributed by atoms with Gasteiger partial charge in [-0.25, -0.2) is 9.90 Å². The summed E-state index contributed by atoms with van der Waals surface area (Å²) in [5, 5.41) is 9.90. The molecule has 0 unspecified atom stereocenters. The summed E-state index contributed by atoms with van der Waals surface area (Å²) < 4.78 is 0. The molecule has 0 aliphatic carbocycles. The molecule has 0 saturated heterocycles. The van der Waals surface area contributed by atoms with E-state index in [1.54, 1.807) is 6.92 Å². The van der Waals surface area contributed by atoms with E-state index >= 15 is 0 Å². The average molecular weight is 127 g/mol. The topological polar surface area (TPSA) is 37.0 Å². The Morgan fingerprint density at radius 2 is 2.11 bits per heavy atom. The Balaban J connectivity index is 3.69. The molecule has 0 aromatic rings. The van der Waals surface area contributed by atoms with Crippen molar-refractivity contribution >= 4 is 5.97 Å². The first-order valence-corrected chi connectivity index (χ1v) is 3.05. The molecule has 0 aliphatic rings. The van der Waals surface area contributed by atoms with E-state index in [1.807, 2.05) is 6.92 Å². The third kappa shape index (κ3) is 5.07. The Morgan fingerprint density at radius 1 is 1.56 bits per heavy atom. The van der Waals surface area contributed by atoms with Crippen LogP contribution in [0.15, 0.2) is 11.6 Å². The van der Waals surface area contributed by atoms with Gasteiger partial charge in [-0.2, -0.15) is 0 Å². The highest BCUT2D eigenvalue weighted by Crippen LogP contribution is 2.01. The van der Waals surface area contributed by atoms with Crippen LogP contribution in [0, 0.1) is 0 Å². The minimum Gasteiger partial charge on any atom is -0.242 e. The van der Waals surface area contributed by atoms with Crippen LogP contribution in [0.1, 0.15) is 26.7 Å². The lowest BCUT2D eigenvalue weighted by molar-refractivity contribution is -0.137. The molecule has 0 spiro atoms. The SMILES string of the molecule is CCC/C(C)=C/C([O])=O. The standard InChI is InChI=1S/C7H11O2/c1-3-4-6(2)5-7(8)9/h5H,3-4H2,1-2H3/b6-5+. The number of hydrogen-bond acceptors (Lipinski definition) is 1. The van der Waals surface area contributed by atoms with Gasteiger partial charge < -0.3 is 0 Å².